The summed E-state index contributed by atoms with van der Waals surface area (Å²) in [6, 6.07) is 2.29. The Hall–Kier alpha value is -2.95. The quantitative estimate of drug-likeness (QED) is 0.489. The lowest BCUT2D eigenvalue weighted by atomic mass is 10.1. The van der Waals surface area contributed by atoms with Gasteiger partial charge in [-0.3, -0.25) is 19.2 Å². The number of likely N-dealkylation sites (tertiary alicyclic amines) is 2. The molecular formula is C22H26BrN3O7. The molecule has 0 bridgehead atoms. The second-order valence-corrected chi connectivity index (χ2v) is 9.01. The predicted octanol–water partition coefficient (Wildman–Crippen LogP) is 1.21. The minimum Gasteiger partial charge on any atom is -0.483 e. The molecule has 2 aliphatic heterocycles. The Morgan fingerprint density at radius 1 is 1.18 bits per heavy atom. The Balaban J connectivity index is 1.57. The number of carbonyl (C=O) groups excluding carboxylic acids is 4. The van der Waals surface area contributed by atoms with Crippen LogP contribution in [0.2, 0.25) is 0 Å². The van der Waals surface area contributed by atoms with Gasteiger partial charge in [0.05, 0.1) is 5.56 Å². The fraction of sp³-hybridized carbons (Fsp3) is 0.500. The van der Waals surface area contributed by atoms with Crippen LogP contribution in [0.4, 0.5) is 0 Å². The Bertz CT molecular complexity index is 954. The van der Waals surface area contributed by atoms with Crippen LogP contribution < -0.4 is 10.1 Å². The predicted molar refractivity (Wildman–Crippen MR) is 120 cm³/mol. The summed E-state index contributed by atoms with van der Waals surface area (Å²) in [5.74, 6) is -2.12. The molecular weight excluding hydrogens is 498 g/mol. The van der Waals surface area contributed by atoms with Gasteiger partial charge in [0, 0.05) is 17.6 Å². The van der Waals surface area contributed by atoms with Crippen molar-refractivity contribution in [1.82, 2.24) is 15.1 Å². The number of carbonyl (C=O) groups is 5. The number of hydrogen-bond acceptors (Lipinski definition) is 6. The number of nitrogens with one attached hydrogen (secondary N) is 1. The zero-order valence-electron chi connectivity index (χ0n) is 18.2. The number of aldehydes is 1. The van der Waals surface area contributed by atoms with Gasteiger partial charge in [-0.25, -0.2) is 4.79 Å². The Morgan fingerprint density at radius 3 is 2.52 bits per heavy atom. The van der Waals surface area contributed by atoms with Crippen LogP contribution in [0.25, 0.3) is 0 Å². The van der Waals surface area contributed by atoms with Gasteiger partial charge in [-0.15, -0.1) is 0 Å². The molecule has 3 atom stereocenters. The molecule has 0 aromatic heterocycles. The summed E-state index contributed by atoms with van der Waals surface area (Å²) >= 11 is 3.25. The van der Waals surface area contributed by atoms with Crippen molar-refractivity contribution in [2.45, 2.75) is 50.7 Å². The number of amides is 3. The van der Waals surface area contributed by atoms with E-state index >= 15 is 0 Å². The molecule has 178 valence electrons. The number of benzene rings is 1. The molecule has 2 saturated heterocycles. The Kier molecular flexibility index (Phi) is 8.06. The lowest BCUT2D eigenvalue weighted by molar-refractivity contribution is -0.152. The number of halogens is 1. The average Bonchev–Trinajstić information content (AvgIpc) is 3.47. The summed E-state index contributed by atoms with van der Waals surface area (Å²) < 4.78 is 6.10. The highest BCUT2D eigenvalue weighted by atomic mass is 79.9. The summed E-state index contributed by atoms with van der Waals surface area (Å²) in [6.45, 7) is 1.85. The Labute approximate surface area is 199 Å². The minimum atomic E-state index is -1.04. The molecule has 3 amide bonds. The molecule has 10 nitrogen and oxygen atoms in total. The number of hydrogen-bond donors (Lipinski definition) is 2. The van der Waals surface area contributed by atoms with Crippen LogP contribution in [0.3, 0.4) is 0 Å². The summed E-state index contributed by atoms with van der Waals surface area (Å²) in [5, 5.41) is 11.9. The third kappa shape index (κ3) is 5.70. The van der Waals surface area contributed by atoms with Crippen molar-refractivity contribution in [2.75, 3.05) is 19.7 Å². The molecule has 33 heavy (non-hydrogen) atoms. The van der Waals surface area contributed by atoms with Gasteiger partial charge in [0.1, 0.15) is 23.9 Å². The van der Waals surface area contributed by atoms with Gasteiger partial charge in [-0.1, -0.05) is 15.9 Å². The van der Waals surface area contributed by atoms with E-state index in [2.05, 4.69) is 21.2 Å². The van der Waals surface area contributed by atoms with Crippen LogP contribution in [0.5, 0.6) is 5.75 Å². The topological polar surface area (TPSA) is 133 Å². The van der Waals surface area contributed by atoms with E-state index in [4.69, 9.17) is 4.74 Å². The first kappa shape index (κ1) is 24.7. The molecule has 0 unspecified atom stereocenters. The highest BCUT2D eigenvalue weighted by Gasteiger charge is 2.42. The molecule has 0 spiro atoms. The maximum Gasteiger partial charge on any atom is 0.326 e. The van der Waals surface area contributed by atoms with Crippen LogP contribution in [-0.4, -0.2) is 82.7 Å². The highest BCUT2D eigenvalue weighted by molar-refractivity contribution is 9.10. The van der Waals surface area contributed by atoms with Gasteiger partial charge in [0.25, 0.3) is 5.91 Å². The third-order valence-corrected chi connectivity index (χ3v) is 6.34. The van der Waals surface area contributed by atoms with Crippen molar-refractivity contribution in [2.24, 2.45) is 0 Å². The van der Waals surface area contributed by atoms with Crippen LogP contribution in [0.1, 0.15) is 43.0 Å². The van der Waals surface area contributed by atoms with E-state index in [1.807, 2.05) is 0 Å². The first-order valence-electron chi connectivity index (χ1n) is 10.7. The van der Waals surface area contributed by atoms with Crippen molar-refractivity contribution in [3.05, 3.63) is 28.2 Å². The van der Waals surface area contributed by atoms with Gasteiger partial charge in [-0.2, -0.15) is 0 Å². The fourth-order valence-electron chi connectivity index (χ4n) is 4.25. The molecule has 11 heteroatoms. The number of ether oxygens (including phenoxy) is 1. The van der Waals surface area contributed by atoms with E-state index in [-0.39, 0.29) is 17.2 Å². The number of carboxylic acid groups (broad SMARTS) is 1. The molecule has 0 saturated carbocycles. The van der Waals surface area contributed by atoms with E-state index in [0.717, 1.165) is 0 Å². The number of aliphatic carboxylic acids is 1. The first-order chi connectivity index (χ1) is 15.7. The lowest BCUT2D eigenvalue weighted by Gasteiger charge is -2.31. The highest BCUT2D eigenvalue weighted by Crippen LogP contribution is 2.25. The molecule has 1 aromatic carbocycles. The lowest BCUT2D eigenvalue weighted by Crippen LogP contribution is -2.55. The normalized spacial score (nSPS) is 20.9. The Morgan fingerprint density at radius 2 is 1.85 bits per heavy atom. The smallest absolute Gasteiger partial charge is 0.326 e. The summed E-state index contributed by atoms with van der Waals surface area (Å²) in [4.78, 5) is 63.6. The second kappa shape index (κ2) is 10.8. The van der Waals surface area contributed by atoms with Gasteiger partial charge in [-0.05, 0) is 50.8 Å². The monoisotopic (exact) mass is 523 g/mol. The maximum atomic E-state index is 13.0. The molecule has 2 heterocycles. The fourth-order valence-corrected chi connectivity index (χ4v) is 4.62. The van der Waals surface area contributed by atoms with Gasteiger partial charge in [0.2, 0.25) is 11.8 Å². The molecule has 0 radical (unpaired) electrons. The average molecular weight is 524 g/mol. The van der Waals surface area contributed by atoms with Crippen molar-refractivity contribution in [1.29, 1.82) is 0 Å². The SMILES string of the molecule is C[C@H](NC(=O)COc1ccc(Br)cc1C=O)C(=O)N1CCC[C@H]1C(=O)N1CCC[C@H]1C(=O)O. The minimum absolute atomic E-state index is 0.242. The molecule has 2 N–H and O–H groups in total. The zero-order chi connectivity index (χ0) is 24.1. The van der Waals surface area contributed by atoms with Crippen LogP contribution in [0, 0.1) is 0 Å². The van der Waals surface area contributed by atoms with Crippen molar-refractivity contribution < 1.29 is 33.8 Å². The standard InChI is InChI=1S/C22H26BrN3O7/c1-13(24-19(28)12-33-18-7-6-15(23)10-14(18)11-27)20(29)25-8-2-4-16(25)21(30)26-9-3-5-17(26)22(31)32/h6-7,10-11,13,16-17H,2-5,8-9,12H2,1H3,(H,24,28)(H,31,32)/t13-,16-,17-/m0/s1. The van der Waals surface area contributed by atoms with Crippen molar-refractivity contribution in [3.8, 4) is 5.75 Å². The summed E-state index contributed by atoms with van der Waals surface area (Å²) in [5.41, 5.74) is 0.279. The van der Waals surface area contributed by atoms with E-state index < -0.39 is 42.5 Å². The number of carboxylic acids is 1. The largest absolute Gasteiger partial charge is 0.483 e. The van der Waals surface area contributed by atoms with E-state index in [9.17, 15) is 29.1 Å². The van der Waals surface area contributed by atoms with E-state index in [1.165, 1.54) is 16.7 Å². The molecule has 2 aliphatic rings. The molecule has 2 fully saturated rings. The first-order valence-corrected chi connectivity index (χ1v) is 11.5. The van der Waals surface area contributed by atoms with Gasteiger partial charge >= 0.3 is 5.97 Å². The third-order valence-electron chi connectivity index (χ3n) is 5.85. The molecule has 1 aromatic rings. The molecule has 0 aliphatic carbocycles. The van der Waals surface area contributed by atoms with Crippen LogP contribution in [-0.2, 0) is 19.2 Å². The van der Waals surface area contributed by atoms with Crippen molar-refractivity contribution >= 4 is 45.9 Å². The van der Waals surface area contributed by atoms with E-state index in [1.54, 1.807) is 18.2 Å². The summed E-state index contributed by atoms with van der Waals surface area (Å²) in [7, 11) is 0. The van der Waals surface area contributed by atoms with E-state index in [0.29, 0.717) is 49.5 Å². The molecule has 3 rings (SSSR count). The summed E-state index contributed by atoms with van der Waals surface area (Å²) in [6.07, 6.45) is 2.70. The zero-order valence-corrected chi connectivity index (χ0v) is 19.7. The van der Waals surface area contributed by atoms with Crippen LogP contribution >= 0.6 is 15.9 Å². The second-order valence-electron chi connectivity index (χ2n) is 8.10. The maximum absolute atomic E-state index is 13.0. The van der Waals surface area contributed by atoms with Crippen molar-refractivity contribution in [3.63, 3.8) is 0 Å². The number of nitrogens with zero attached hydrogens (tertiary/aromatic N) is 2. The number of rotatable bonds is 8. The van der Waals surface area contributed by atoms with Crippen LogP contribution in [0.15, 0.2) is 22.7 Å². The van der Waals surface area contributed by atoms with Gasteiger partial charge in [0.15, 0.2) is 12.9 Å². The van der Waals surface area contributed by atoms with Gasteiger partial charge < -0.3 is 25.0 Å².